The molecule has 2 N–H and O–H groups in total. The van der Waals surface area contributed by atoms with Gasteiger partial charge in [-0.3, -0.25) is 4.79 Å². The maximum absolute atomic E-state index is 12.4. The molecular formula is C13H21N3O. The van der Waals surface area contributed by atoms with Crippen molar-refractivity contribution in [1.29, 1.82) is 0 Å². The summed E-state index contributed by atoms with van der Waals surface area (Å²) in [6.07, 6.45) is 6.35. The average Bonchev–Trinajstić information content (AvgIpc) is 2.71. The second kappa shape index (κ2) is 5.25. The Labute approximate surface area is 102 Å². The van der Waals surface area contributed by atoms with E-state index in [9.17, 15) is 4.79 Å². The predicted octanol–water partition coefficient (Wildman–Crippen LogP) is 2.11. The highest BCUT2D eigenvalue weighted by atomic mass is 16.2. The fourth-order valence-electron chi connectivity index (χ4n) is 2.40. The number of rotatable bonds is 3. The molecule has 0 saturated carbocycles. The number of amides is 1. The first-order valence-corrected chi connectivity index (χ1v) is 6.47. The van der Waals surface area contributed by atoms with Gasteiger partial charge in [-0.25, -0.2) is 0 Å². The van der Waals surface area contributed by atoms with Crippen molar-refractivity contribution in [2.75, 3.05) is 18.8 Å². The average molecular weight is 235 g/mol. The van der Waals surface area contributed by atoms with E-state index in [1.807, 2.05) is 15.7 Å². The maximum atomic E-state index is 12.4. The van der Waals surface area contributed by atoms with Crippen molar-refractivity contribution in [1.82, 2.24) is 9.47 Å². The number of aromatic nitrogens is 1. The number of piperidine rings is 1. The van der Waals surface area contributed by atoms with Gasteiger partial charge in [-0.15, -0.1) is 0 Å². The van der Waals surface area contributed by atoms with Gasteiger partial charge in [-0.1, -0.05) is 6.92 Å². The van der Waals surface area contributed by atoms with Crippen molar-refractivity contribution in [3.63, 3.8) is 0 Å². The smallest absolute Gasteiger partial charge is 0.270 e. The minimum atomic E-state index is 0.134. The number of carbonyl (C=O) groups excluding carboxylic acids is 1. The molecule has 1 aliphatic heterocycles. The van der Waals surface area contributed by atoms with Crippen LogP contribution < -0.4 is 5.73 Å². The molecule has 1 aromatic heterocycles. The van der Waals surface area contributed by atoms with Crippen LogP contribution in [0, 0.1) is 0 Å². The highest BCUT2D eigenvalue weighted by molar-refractivity contribution is 5.93. The van der Waals surface area contributed by atoms with E-state index in [2.05, 4.69) is 6.92 Å². The van der Waals surface area contributed by atoms with E-state index in [0.29, 0.717) is 5.69 Å². The van der Waals surface area contributed by atoms with Gasteiger partial charge in [-0.05, 0) is 31.7 Å². The highest BCUT2D eigenvalue weighted by Gasteiger charge is 2.21. The van der Waals surface area contributed by atoms with E-state index in [4.69, 9.17) is 5.73 Å². The number of hydrogen-bond acceptors (Lipinski definition) is 2. The lowest BCUT2D eigenvalue weighted by Gasteiger charge is -2.27. The first-order valence-electron chi connectivity index (χ1n) is 6.47. The number of likely N-dealkylation sites (tertiary alicyclic amines) is 1. The Balaban J connectivity index is 2.16. The zero-order valence-electron chi connectivity index (χ0n) is 10.5. The Hall–Kier alpha value is -1.45. The van der Waals surface area contributed by atoms with E-state index in [0.717, 1.165) is 44.6 Å². The van der Waals surface area contributed by atoms with Crippen LogP contribution in [-0.4, -0.2) is 28.5 Å². The summed E-state index contributed by atoms with van der Waals surface area (Å²) in [5.41, 5.74) is 7.21. The van der Waals surface area contributed by atoms with Crippen LogP contribution in [0.3, 0.4) is 0 Å². The van der Waals surface area contributed by atoms with Crippen molar-refractivity contribution in [3.8, 4) is 0 Å². The topological polar surface area (TPSA) is 51.3 Å². The van der Waals surface area contributed by atoms with Crippen LogP contribution in [0.15, 0.2) is 12.3 Å². The quantitative estimate of drug-likeness (QED) is 0.872. The van der Waals surface area contributed by atoms with E-state index < -0.39 is 0 Å². The van der Waals surface area contributed by atoms with Crippen LogP contribution in [-0.2, 0) is 6.54 Å². The lowest BCUT2D eigenvalue weighted by Crippen LogP contribution is -2.36. The molecule has 1 aliphatic rings. The molecular weight excluding hydrogens is 214 g/mol. The van der Waals surface area contributed by atoms with Gasteiger partial charge in [0.2, 0.25) is 0 Å². The van der Waals surface area contributed by atoms with Gasteiger partial charge < -0.3 is 15.2 Å². The Morgan fingerprint density at radius 2 is 2.06 bits per heavy atom. The molecule has 0 aliphatic carbocycles. The number of nitrogen functional groups attached to an aromatic ring is 1. The number of carbonyl (C=O) groups is 1. The van der Waals surface area contributed by atoms with Gasteiger partial charge in [0, 0.05) is 25.8 Å². The zero-order chi connectivity index (χ0) is 12.3. The fourth-order valence-corrected chi connectivity index (χ4v) is 2.40. The lowest BCUT2D eigenvalue weighted by atomic mass is 10.1. The number of nitrogens with zero attached hydrogens (tertiary/aromatic N) is 2. The molecule has 2 rings (SSSR count). The second-order valence-electron chi connectivity index (χ2n) is 4.70. The van der Waals surface area contributed by atoms with Crippen molar-refractivity contribution < 1.29 is 4.79 Å². The summed E-state index contributed by atoms with van der Waals surface area (Å²) >= 11 is 0. The van der Waals surface area contributed by atoms with Crippen molar-refractivity contribution in [2.45, 2.75) is 39.2 Å². The third-order valence-electron chi connectivity index (χ3n) is 3.24. The summed E-state index contributed by atoms with van der Waals surface area (Å²) in [6, 6.07) is 1.80. The Bertz CT molecular complexity index is 391. The van der Waals surface area contributed by atoms with Crippen LogP contribution in [0.4, 0.5) is 5.69 Å². The van der Waals surface area contributed by atoms with Crippen LogP contribution in [0.25, 0.3) is 0 Å². The summed E-state index contributed by atoms with van der Waals surface area (Å²) in [7, 11) is 0. The zero-order valence-corrected chi connectivity index (χ0v) is 10.5. The molecule has 94 valence electrons. The van der Waals surface area contributed by atoms with Crippen molar-refractivity contribution in [3.05, 3.63) is 18.0 Å². The summed E-state index contributed by atoms with van der Waals surface area (Å²) in [4.78, 5) is 14.3. The van der Waals surface area contributed by atoms with Crippen LogP contribution in [0.1, 0.15) is 43.1 Å². The molecule has 0 radical (unpaired) electrons. The highest BCUT2D eigenvalue weighted by Crippen LogP contribution is 2.17. The minimum Gasteiger partial charge on any atom is -0.397 e. The molecule has 2 heterocycles. The largest absolute Gasteiger partial charge is 0.397 e. The third-order valence-corrected chi connectivity index (χ3v) is 3.24. The van der Waals surface area contributed by atoms with E-state index in [1.54, 1.807) is 6.07 Å². The minimum absolute atomic E-state index is 0.134. The van der Waals surface area contributed by atoms with Crippen molar-refractivity contribution >= 4 is 11.6 Å². The van der Waals surface area contributed by atoms with E-state index in [-0.39, 0.29) is 5.91 Å². The first-order chi connectivity index (χ1) is 8.22. The molecule has 0 atom stereocenters. The van der Waals surface area contributed by atoms with Gasteiger partial charge >= 0.3 is 0 Å². The van der Waals surface area contributed by atoms with Gasteiger partial charge in [-0.2, -0.15) is 0 Å². The fraction of sp³-hybridized carbons (Fsp3) is 0.615. The van der Waals surface area contributed by atoms with Gasteiger partial charge in [0.05, 0.1) is 5.69 Å². The third kappa shape index (κ3) is 2.62. The van der Waals surface area contributed by atoms with Crippen LogP contribution in [0.5, 0.6) is 0 Å². The molecule has 17 heavy (non-hydrogen) atoms. The summed E-state index contributed by atoms with van der Waals surface area (Å²) in [5, 5.41) is 0. The summed E-state index contributed by atoms with van der Waals surface area (Å²) in [6.45, 7) is 4.73. The normalized spacial score (nSPS) is 16.2. The molecule has 4 heteroatoms. The molecule has 1 saturated heterocycles. The molecule has 1 amide bonds. The summed E-state index contributed by atoms with van der Waals surface area (Å²) in [5.74, 6) is 0.134. The predicted molar refractivity (Wildman–Crippen MR) is 68.9 cm³/mol. The number of anilines is 1. The lowest BCUT2D eigenvalue weighted by molar-refractivity contribution is 0.0713. The monoisotopic (exact) mass is 235 g/mol. The number of hydrogen-bond donors (Lipinski definition) is 1. The Morgan fingerprint density at radius 1 is 1.35 bits per heavy atom. The number of nitrogens with two attached hydrogens (primary N) is 1. The standard InChI is InChI=1S/C13H21N3O/c1-2-6-16-10-11(14)9-12(16)13(17)15-7-4-3-5-8-15/h9-10H,2-8,14H2,1H3. The Kier molecular flexibility index (Phi) is 3.71. The van der Waals surface area contributed by atoms with Crippen LogP contribution in [0.2, 0.25) is 0 Å². The molecule has 0 bridgehead atoms. The molecule has 1 aromatic rings. The first kappa shape index (κ1) is 12.0. The molecule has 4 nitrogen and oxygen atoms in total. The SMILES string of the molecule is CCCn1cc(N)cc1C(=O)N1CCCCC1. The van der Waals surface area contributed by atoms with Crippen LogP contribution >= 0.6 is 0 Å². The molecule has 0 unspecified atom stereocenters. The van der Waals surface area contributed by atoms with Gasteiger partial charge in [0.25, 0.3) is 5.91 Å². The van der Waals surface area contributed by atoms with Gasteiger partial charge in [0.1, 0.15) is 5.69 Å². The molecule has 0 spiro atoms. The second-order valence-corrected chi connectivity index (χ2v) is 4.70. The summed E-state index contributed by atoms with van der Waals surface area (Å²) < 4.78 is 1.98. The molecule has 0 aromatic carbocycles. The number of aryl methyl sites for hydroxylation is 1. The van der Waals surface area contributed by atoms with Gasteiger partial charge in [0.15, 0.2) is 0 Å². The van der Waals surface area contributed by atoms with E-state index >= 15 is 0 Å². The maximum Gasteiger partial charge on any atom is 0.270 e. The van der Waals surface area contributed by atoms with E-state index in [1.165, 1.54) is 6.42 Å². The Morgan fingerprint density at radius 3 is 2.71 bits per heavy atom. The molecule has 1 fully saturated rings. The van der Waals surface area contributed by atoms with Crippen molar-refractivity contribution in [2.24, 2.45) is 0 Å².